The second-order valence-corrected chi connectivity index (χ2v) is 8.79. The van der Waals surface area contributed by atoms with Crippen molar-refractivity contribution in [2.24, 2.45) is 11.8 Å². The lowest BCUT2D eigenvalue weighted by Gasteiger charge is -2.51. The van der Waals surface area contributed by atoms with Crippen molar-refractivity contribution in [3.05, 3.63) is 0 Å². The largest absolute Gasteiger partial charge is 0.394 e. The lowest BCUT2D eigenvalue weighted by atomic mass is 9.74. The van der Waals surface area contributed by atoms with Crippen LogP contribution >= 0.6 is 0 Å². The van der Waals surface area contributed by atoms with E-state index in [1.165, 1.54) is 14.0 Å². The van der Waals surface area contributed by atoms with Crippen LogP contribution in [0.4, 0.5) is 0 Å². The van der Waals surface area contributed by atoms with Gasteiger partial charge in [-0.2, -0.15) is 0 Å². The van der Waals surface area contributed by atoms with Gasteiger partial charge in [-0.1, -0.05) is 6.92 Å². The van der Waals surface area contributed by atoms with Crippen molar-refractivity contribution in [3.63, 3.8) is 0 Å². The number of nitrogens with one attached hydrogen (secondary N) is 1. The van der Waals surface area contributed by atoms with E-state index in [0.717, 1.165) is 0 Å². The van der Waals surface area contributed by atoms with Crippen molar-refractivity contribution in [2.45, 2.75) is 75.6 Å². The lowest BCUT2D eigenvalue weighted by Crippen LogP contribution is -2.70. The third-order valence-electron chi connectivity index (χ3n) is 6.59. The fourth-order valence-electron chi connectivity index (χ4n) is 4.70. The Kier molecular flexibility index (Phi) is 10.9. The molecule has 1 amide bonds. The Balaban J connectivity index is 2.16. The first-order valence-corrected chi connectivity index (χ1v) is 11.2. The first-order chi connectivity index (χ1) is 15.6. The summed E-state index contributed by atoms with van der Waals surface area (Å²) in [6.45, 7) is 3.66. The molecule has 2 aliphatic heterocycles. The summed E-state index contributed by atoms with van der Waals surface area (Å²) < 4.78 is 27.8. The van der Waals surface area contributed by atoms with Gasteiger partial charge in [0.2, 0.25) is 5.91 Å². The predicted molar refractivity (Wildman–Crippen MR) is 113 cm³/mol. The summed E-state index contributed by atoms with van der Waals surface area (Å²) in [5.74, 6) is -1.75. The zero-order valence-corrected chi connectivity index (χ0v) is 19.6. The summed E-state index contributed by atoms with van der Waals surface area (Å²) in [5, 5.41) is 53.3. The third-order valence-corrected chi connectivity index (χ3v) is 6.59. The van der Waals surface area contributed by atoms with Crippen LogP contribution in [0, 0.1) is 11.8 Å². The highest BCUT2D eigenvalue weighted by molar-refractivity contribution is 5.74. The number of hydrogen-bond acceptors (Lipinski definition) is 11. The Morgan fingerprint density at radius 2 is 1.73 bits per heavy atom. The molecule has 12 nitrogen and oxygen atoms in total. The van der Waals surface area contributed by atoms with E-state index in [-0.39, 0.29) is 25.7 Å². The summed E-state index contributed by atoms with van der Waals surface area (Å²) in [6.07, 6.45) is -6.38. The number of carbonyl (C=O) groups excluding carboxylic acids is 1. The van der Waals surface area contributed by atoms with Gasteiger partial charge in [-0.25, -0.2) is 0 Å². The van der Waals surface area contributed by atoms with E-state index < -0.39 is 73.7 Å². The molecule has 2 rings (SSSR count). The maximum absolute atomic E-state index is 11.9. The average molecular weight is 482 g/mol. The molecule has 12 heteroatoms. The number of aliphatic hydroxyl groups is 5. The molecule has 194 valence electrons. The highest BCUT2D eigenvalue weighted by Crippen LogP contribution is 2.36. The number of ether oxygens (including phenoxy) is 5. The number of hydrogen-bond donors (Lipinski definition) is 6. The minimum absolute atomic E-state index is 0.0808. The van der Waals surface area contributed by atoms with Gasteiger partial charge in [-0.15, -0.1) is 0 Å². The standard InChI is InChI=1S/C21H39NO11/c1-5-14-19(28)17(26)12(20(33-14)31-10-24)7-30-9-16-21(3,22-11(2)25)13(8-29-4)18(27)15(6-23)32-16/h12-20,23-24,26-28H,5-10H2,1-4H3,(H,22,25). The molecule has 33 heavy (non-hydrogen) atoms. The highest BCUT2D eigenvalue weighted by Gasteiger charge is 2.53. The molecule has 0 spiro atoms. The van der Waals surface area contributed by atoms with E-state index in [9.17, 15) is 30.3 Å². The van der Waals surface area contributed by atoms with E-state index in [2.05, 4.69) is 5.32 Å². The molecule has 10 atom stereocenters. The average Bonchev–Trinajstić information content (AvgIpc) is 2.76. The van der Waals surface area contributed by atoms with E-state index in [1.807, 2.05) is 0 Å². The van der Waals surface area contributed by atoms with Gasteiger partial charge in [0.25, 0.3) is 0 Å². The first-order valence-electron chi connectivity index (χ1n) is 11.2. The van der Waals surface area contributed by atoms with Gasteiger partial charge in [0.15, 0.2) is 6.29 Å². The van der Waals surface area contributed by atoms with Crippen molar-refractivity contribution >= 4 is 5.91 Å². The van der Waals surface area contributed by atoms with E-state index >= 15 is 0 Å². The third kappa shape index (κ3) is 6.40. The summed E-state index contributed by atoms with van der Waals surface area (Å²) in [6, 6.07) is 0. The minimum Gasteiger partial charge on any atom is -0.394 e. The molecular formula is C21H39NO11. The zero-order chi connectivity index (χ0) is 24.8. The number of aliphatic hydroxyl groups excluding tert-OH is 5. The fraction of sp³-hybridized carbons (Fsp3) is 0.952. The van der Waals surface area contributed by atoms with Crippen LogP contribution in [0.5, 0.6) is 0 Å². The van der Waals surface area contributed by atoms with Gasteiger partial charge >= 0.3 is 0 Å². The van der Waals surface area contributed by atoms with E-state index in [4.69, 9.17) is 23.7 Å². The highest BCUT2D eigenvalue weighted by atomic mass is 16.7. The van der Waals surface area contributed by atoms with Crippen LogP contribution in [0.1, 0.15) is 27.2 Å². The number of carbonyl (C=O) groups is 1. The predicted octanol–water partition coefficient (Wildman–Crippen LogP) is -2.28. The minimum atomic E-state index is -1.22. The number of methoxy groups -OCH3 is 1. The van der Waals surface area contributed by atoms with E-state index in [0.29, 0.717) is 6.42 Å². The molecule has 2 heterocycles. The second-order valence-electron chi connectivity index (χ2n) is 8.79. The molecule has 2 aliphatic rings. The van der Waals surface area contributed by atoms with Crippen molar-refractivity contribution < 1.29 is 54.0 Å². The SMILES string of the molecule is CCC1OC(OCO)C(COCC2OC(CO)C(O)C(COC)C2(C)NC(C)=O)C(O)C1O. The second kappa shape index (κ2) is 12.7. The van der Waals surface area contributed by atoms with Crippen LogP contribution in [0.25, 0.3) is 0 Å². The van der Waals surface area contributed by atoms with Gasteiger partial charge in [0.05, 0.1) is 56.2 Å². The van der Waals surface area contributed by atoms with Crippen LogP contribution < -0.4 is 5.32 Å². The van der Waals surface area contributed by atoms with Gasteiger partial charge in [0, 0.05) is 20.0 Å². The molecule has 0 radical (unpaired) electrons. The molecule has 6 N–H and O–H groups in total. The van der Waals surface area contributed by atoms with Crippen molar-refractivity contribution in [1.29, 1.82) is 0 Å². The van der Waals surface area contributed by atoms with Crippen LogP contribution in [0.15, 0.2) is 0 Å². The Morgan fingerprint density at radius 3 is 2.27 bits per heavy atom. The molecule has 0 saturated carbocycles. The van der Waals surface area contributed by atoms with Crippen LogP contribution in [0.3, 0.4) is 0 Å². The molecule has 2 fully saturated rings. The molecule has 2 saturated heterocycles. The van der Waals surface area contributed by atoms with Crippen LogP contribution in [-0.4, -0.2) is 120 Å². The Labute approximate surface area is 193 Å². The van der Waals surface area contributed by atoms with E-state index in [1.54, 1.807) is 13.8 Å². The quantitative estimate of drug-likeness (QED) is 0.175. The molecule has 0 aromatic rings. The Hall–Kier alpha value is -0.930. The van der Waals surface area contributed by atoms with Crippen LogP contribution in [-0.2, 0) is 28.5 Å². The van der Waals surface area contributed by atoms with Gasteiger partial charge in [-0.05, 0) is 13.3 Å². The molecule has 0 bridgehead atoms. The van der Waals surface area contributed by atoms with Crippen molar-refractivity contribution in [3.8, 4) is 0 Å². The summed E-state index contributed by atoms with van der Waals surface area (Å²) in [5.41, 5.74) is -1.09. The fourth-order valence-corrected chi connectivity index (χ4v) is 4.70. The zero-order valence-electron chi connectivity index (χ0n) is 19.6. The smallest absolute Gasteiger partial charge is 0.217 e. The molecular weight excluding hydrogens is 442 g/mol. The number of rotatable bonds is 11. The van der Waals surface area contributed by atoms with Crippen molar-refractivity contribution in [2.75, 3.05) is 40.3 Å². The topological polar surface area (TPSA) is 176 Å². The maximum Gasteiger partial charge on any atom is 0.217 e. The molecule has 10 unspecified atom stereocenters. The molecule has 0 aliphatic carbocycles. The summed E-state index contributed by atoms with van der Waals surface area (Å²) in [4.78, 5) is 11.9. The van der Waals surface area contributed by atoms with Crippen LogP contribution in [0.2, 0.25) is 0 Å². The molecule has 0 aromatic heterocycles. The normalized spacial score (nSPS) is 41.7. The lowest BCUT2D eigenvalue weighted by molar-refractivity contribution is -0.302. The Bertz CT molecular complexity index is 611. The molecule has 0 aromatic carbocycles. The first kappa shape index (κ1) is 28.3. The summed E-state index contributed by atoms with van der Waals surface area (Å²) >= 11 is 0. The van der Waals surface area contributed by atoms with Gasteiger partial charge in [-0.3, -0.25) is 4.79 Å². The number of amides is 1. The maximum atomic E-state index is 11.9. The Morgan fingerprint density at radius 1 is 1.03 bits per heavy atom. The summed E-state index contributed by atoms with van der Waals surface area (Å²) in [7, 11) is 1.47. The van der Waals surface area contributed by atoms with Crippen molar-refractivity contribution in [1.82, 2.24) is 5.32 Å². The monoisotopic (exact) mass is 481 g/mol. The van der Waals surface area contributed by atoms with Gasteiger partial charge in [0.1, 0.15) is 25.1 Å². The van der Waals surface area contributed by atoms with Gasteiger partial charge < -0.3 is 54.5 Å².